The van der Waals surface area contributed by atoms with Crippen LogP contribution in [0, 0.1) is 10.1 Å². The van der Waals surface area contributed by atoms with E-state index in [1.165, 1.54) is 6.07 Å². The molecule has 0 aliphatic carbocycles. The number of nitro groups is 1. The van der Waals surface area contributed by atoms with Gasteiger partial charge in [0.1, 0.15) is 4.88 Å². The van der Waals surface area contributed by atoms with Crippen LogP contribution in [0.15, 0.2) is 34.8 Å². The molecule has 21 heavy (non-hydrogen) atoms. The van der Waals surface area contributed by atoms with E-state index in [4.69, 9.17) is 11.6 Å². The number of halogens is 2. The highest BCUT2D eigenvalue weighted by atomic mass is 79.9. The molecule has 5 nitrogen and oxygen atoms in total. The van der Waals surface area contributed by atoms with Crippen LogP contribution in [0.3, 0.4) is 0 Å². The number of benzene rings is 1. The van der Waals surface area contributed by atoms with Gasteiger partial charge in [-0.25, -0.2) is 0 Å². The van der Waals surface area contributed by atoms with Gasteiger partial charge >= 0.3 is 0 Å². The first-order valence-electron chi connectivity index (χ1n) is 5.93. The number of nitrogens with zero attached hydrogens (tertiary/aromatic N) is 1. The lowest BCUT2D eigenvalue weighted by Gasteiger charge is -2.03. The number of carbonyl (C=O) groups is 1. The highest BCUT2D eigenvalue weighted by Gasteiger charge is 2.20. The topological polar surface area (TPSA) is 72.2 Å². The molecule has 0 bridgehead atoms. The molecule has 1 amide bonds. The van der Waals surface area contributed by atoms with Crippen molar-refractivity contribution in [3.05, 3.63) is 59.7 Å². The lowest BCUT2D eigenvalue weighted by atomic mass is 10.1. The smallest absolute Gasteiger partial charge is 0.299 e. The average molecular weight is 390 g/mol. The quantitative estimate of drug-likeness (QED) is 0.619. The molecule has 0 fully saturated rings. The summed E-state index contributed by atoms with van der Waals surface area (Å²) < 4.78 is 1.01. The molecule has 0 radical (unpaired) electrons. The number of thiophene rings is 1. The molecule has 8 heteroatoms. The van der Waals surface area contributed by atoms with Crippen molar-refractivity contribution in [1.82, 2.24) is 5.32 Å². The minimum absolute atomic E-state index is 0.0121. The molecule has 2 aromatic rings. The average Bonchev–Trinajstić information content (AvgIpc) is 2.83. The van der Waals surface area contributed by atoms with Crippen LogP contribution >= 0.6 is 38.9 Å². The van der Waals surface area contributed by atoms with E-state index in [2.05, 4.69) is 21.2 Å². The third kappa shape index (κ3) is 4.26. The van der Waals surface area contributed by atoms with Gasteiger partial charge in [0.2, 0.25) is 0 Å². The van der Waals surface area contributed by atoms with Crippen molar-refractivity contribution in [1.29, 1.82) is 0 Å². The number of hydrogen-bond acceptors (Lipinski definition) is 4. The molecule has 110 valence electrons. The Morgan fingerprint density at radius 1 is 1.38 bits per heavy atom. The van der Waals surface area contributed by atoms with E-state index < -0.39 is 4.92 Å². The number of carbonyl (C=O) groups excluding carboxylic acids is 1. The number of hydrogen-bond donors (Lipinski definition) is 1. The van der Waals surface area contributed by atoms with E-state index in [0.29, 0.717) is 13.0 Å². The molecule has 0 aliphatic rings. The van der Waals surface area contributed by atoms with Crippen molar-refractivity contribution >= 4 is 50.5 Å². The Bertz CT molecular complexity index is 673. The summed E-state index contributed by atoms with van der Waals surface area (Å²) in [7, 11) is 0. The van der Waals surface area contributed by atoms with Gasteiger partial charge in [-0.2, -0.15) is 0 Å². The molecule has 0 saturated heterocycles. The Balaban J connectivity index is 1.91. The second-order valence-corrected chi connectivity index (χ2v) is 6.73. The Morgan fingerprint density at radius 3 is 2.62 bits per heavy atom. The number of nitrogens with one attached hydrogen (secondary N) is 1. The minimum Gasteiger partial charge on any atom is -0.351 e. The lowest BCUT2D eigenvalue weighted by Crippen LogP contribution is -2.24. The maximum Gasteiger partial charge on any atom is 0.299 e. The molecule has 2 rings (SSSR count). The van der Waals surface area contributed by atoms with Crippen molar-refractivity contribution < 1.29 is 9.72 Å². The van der Waals surface area contributed by atoms with Gasteiger partial charge in [-0.15, -0.1) is 11.3 Å². The molecule has 0 spiro atoms. The molecule has 1 heterocycles. The van der Waals surface area contributed by atoms with Gasteiger partial charge in [0.15, 0.2) is 4.34 Å². The number of rotatable bonds is 5. The fraction of sp³-hybridized carbons (Fsp3) is 0.154. The first-order valence-corrected chi connectivity index (χ1v) is 7.92. The summed E-state index contributed by atoms with van der Waals surface area (Å²) in [4.78, 5) is 22.2. The molecule has 0 aliphatic heterocycles. The molecular formula is C13H10BrClN2O3S. The minimum atomic E-state index is -0.600. The summed E-state index contributed by atoms with van der Waals surface area (Å²) in [5.74, 6) is -0.355. The van der Waals surface area contributed by atoms with Crippen molar-refractivity contribution in [2.24, 2.45) is 0 Å². The van der Waals surface area contributed by atoms with E-state index >= 15 is 0 Å². The zero-order valence-electron chi connectivity index (χ0n) is 10.6. The standard InChI is InChI=1S/C13H10BrClN2O3S/c14-9-3-1-8(2-4-9)5-6-16-13(18)11-7-10(17(19)20)12(15)21-11/h1-4,7H,5-6H2,(H,16,18). The molecular weight excluding hydrogens is 380 g/mol. The Hall–Kier alpha value is -1.44. The van der Waals surface area contributed by atoms with E-state index in [9.17, 15) is 14.9 Å². The molecule has 1 aromatic heterocycles. The van der Waals surface area contributed by atoms with Crippen LogP contribution in [0.1, 0.15) is 15.2 Å². The Labute approximate surface area is 138 Å². The second-order valence-electron chi connectivity index (χ2n) is 4.16. The van der Waals surface area contributed by atoms with Gasteiger partial charge in [-0.05, 0) is 24.1 Å². The van der Waals surface area contributed by atoms with Crippen LogP contribution in [0.4, 0.5) is 5.69 Å². The molecule has 0 atom stereocenters. The van der Waals surface area contributed by atoms with Crippen molar-refractivity contribution in [2.45, 2.75) is 6.42 Å². The predicted molar refractivity (Wildman–Crippen MR) is 86.2 cm³/mol. The molecule has 1 N–H and O–H groups in total. The Morgan fingerprint density at radius 2 is 2.05 bits per heavy atom. The highest BCUT2D eigenvalue weighted by Crippen LogP contribution is 2.33. The van der Waals surface area contributed by atoms with E-state index in [1.807, 2.05) is 24.3 Å². The largest absolute Gasteiger partial charge is 0.351 e. The fourth-order valence-corrected chi connectivity index (χ4v) is 3.06. The van der Waals surface area contributed by atoms with Crippen molar-refractivity contribution in [2.75, 3.05) is 6.54 Å². The maximum absolute atomic E-state index is 11.9. The summed E-state index contributed by atoms with van der Waals surface area (Å²) in [6.07, 6.45) is 0.681. The first-order chi connectivity index (χ1) is 9.97. The van der Waals surface area contributed by atoms with Crippen LogP contribution < -0.4 is 5.32 Å². The fourth-order valence-electron chi connectivity index (χ4n) is 1.65. The summed E-state index contributed by atoms with van der Waals surface area (Å²) in [5, 5.41) is 13.4. The second kappa shape index (κ2) is 7.02. The zero-order chi connectivity index (χ0) is 15.4. The van der Waals surface area contributed by atoms with Crippen LogP contribution in [-0.2, 0) is 6.42 Å². The van der Waals surface area contributed by atoms with Gasteiger partial charge in [0.25, 0.3) is 11.6 Å². The van der Waals surface area contributed by atoms with E-state index in [1.54, 1.807) is 0 Å². The summed E-state index contributed by atoms with van der Waals surface area (Å²) in [5.41, 5.74) is 0.855. The van der Waals surface area contributed by atoms with Gasteiger partial charge in [0.05, 0.1) is 4.92 Å². The van der Waals surface area contributed by atoms with Crippen LogP contribution in [0.2, 0.25) is 4.34 Å². The van der Waals surface area contributed by atoms with Gasteiger partial charge in [-0.1, -0.05) is 39.7 Å². The van der Waals surface area contributed by atoms with Crippen LogP contribution in [0.25, 0.3) is 0 Å². The maximum atomic E-state index is 11.9. The monoisotopic (exact) mass is 388 g/mol. The normalized spacial score (nSPS) is 10.4. The lowest BCUT2D eigenvalue weighted by molar-refractivity contribution is -0.384. The van der Waals surface area contributed by atoms with E-state index in [-0.39, 0.29) is 20.8 Å². The van der Waals surface area contributed by atoms with E-state index in [0.717, 1.165) is 21.4 Å². The first kappa shape index (κ1) is 15.9. The van der Waals surface area contributed by atoms with Crippen molar-refractivity contribution in [3.63, 3.8) is 0 Å². The van der Waals surface area contributed by atoms with Gasteiger partial charge in [0, 0.05) is 17.1 Å². The van der Waals surface area contributed by atoms with Crippen LogP contribution in [0.5, 0.6) is 0 Å². The third-order valence-electron chi connectivity index (χ3n) is 2.70. The highest BCUT2D eigenvalue weighted by molar-refractivity contribution is 9.10. The number of amides is 1. The Kier molecular flexibility index (Phi) is 5.33. The van der Waals surface area contributed by atoms with Gasteiger partial charge in [-0.3, -0.25) is 14.9 Å². The molecule has 0 unspecified atom stereocenters. The molecule has 1 aromatic carbocycles. The zero-order valence-corrected chi connectivity index (χ0v) is 13.8. The molecule has 0 saturated carbocycles. The van der Waals surface area contributed by atoms with Crippen LogP contribution in [-0.4, -0.2) is 17.4 Å². The summed E-state index contributed by atoms with van der Waals surface area (Å²) >= 11 is 9.98. The van der Waals surface area contributed by atoms with Crippen molar-refractivity contribution in [3.8, 4) is 0 Å². The van der Waals surface area contributed by atoms with Gasteiger partial charge < -0.3 is 5.32 Å². The summed E-state index contributed by atoms with van der Waals surface area (Å²) in [6, 6.07) is 8.98. The third-order valence-corrected chi connectivity index (χ3v) is 4.57. The predicted octanol–water partition coefficient (Wildman–Crippen LogP) is 4.04. The summed E-state index contributed by atoms with van der Waals surface area (Å²) in [6.45, 7) is 0.448. The SMILES string of the molecule is O=C(NCCc1ccc(Br)cc1)c1cc([N+](=O)[O-])c(Cl)s1.